The zero-order valence-corrected chi connectivity index (χ0v) is 21.7. The van der Waals surface area contributed by atoms with E-state index in [4.69, 9.17) is 23.2 Å². The van der Waals surface area contributed by atoms with Crippen molar-refractivity contribution in [2.75, 3.05) is 10.8 Å². The molecule has 0 saturated heterocycles. The van der Waals surface area contributed by atoms with Crippen LogP contribution in [0, 0.1) is 35.4 Å². The van der Waals surface area contributed by atoms with Gasteiger partial charge in [-0.1, -0.05) is 37.0 Å². The summed E-state index contributed by atoms with van der Waals surface area (Å²) in [5, 5.41) is 3.46. The summed E-state index contributed by atoms with van der Waals surface area (Å²) in [6, 6.07) is 7.95. The molecule has 184 valence electrons. The number of halogens is 3. The van der Waals surface area contributed by atoms with E-state index in [2.05, 4.69) is 19.2 Å². The minimum Gasteiger partial charge on any atom is -0.354 e. The van der Waals surface area contributed by atoms with Gasteiger partial charge in [-0.2, -0.15) is 0 Å². The standard InChI is InChI=1S/C25H29Cl2FN2O3S/c1-14-21-10-4-17(24(14)15(21)2)13-29-25(31)16(3)30(23-12-19(27)7-11-22(23)28)34(32,33)20-8-5-18(26)6-9-20/h5-9,11-12,14-17,21,24H,4,10,13H2,1-3H3,(H,29,31)/t14?,15?,16-,17+,21?,24?/m1/s1. The molecule has 0 aromatic heterocycles. The number of carbonyl (C=O) groups is 1. The minimum atomic E-state index is -4.30. The van der Waals surface area contributed by atoms with Gasteiger partial charge in [-0.25, -0.2) is 12.8 Å². The summed E-state index contributed by atoms with van der Waals surface area (Å²) in [5.41, 5.74) is -0.285. The average molecular weight is 527 g/mol. The first-order valence-corrected chi connectivity index (χ1v) is 13.7. The lowest BCUT2D eigenvalue weighted by atomic mass is 9.48. The predicted molar refractivity (Wildman–Crippen MR) is 133 cm³/mol. The van der Waals surface area contributed by atoms with E-state index < -0.39 is 27.8 Å². The number of hydrogen-bond acceptors (Lipinski definition) is 3. The van der Waals surface area contributed by atoms with E-state index in [0.29, 0.717) is 35.2 Å². The monoisotopic (exact) mass is 526 g/mol. The molecule has 3 fully saturated rings. The van der Waals surface area contributed by atoms with Gasteiger partial charge in [0.25, 0.3) is 10.0 Å². The second-order valence-electron chi connectivity index (χ2n) is 9.57. The molecular formula is C25H29Cl2FN2O3S. The van der Waals surface area contributed by atoms with E-state index >= 15 is 0 Å². The number of carbonyl (C=O) groups excluding carboxylic acids is 1. The van der Waals surface area contributed by atoms with Crippen LogP contribution in [-0.2, 0) is 14.8 Å². The fourth-order valence-corrected chi connectivity index (χ4v) is 7.92. The number of hydrogen-bond donors (Lipinski definition) is 1. The lowest BCUT2D eigenvalue weighted by Gasteiger charge is -2.58. The lowest BCUT2D eigenvalue weighted by molar-refractivity contribution is -0.124. The van der Waals surface area contributed by atoms with E-state index in [0.717, 1.165) is 29.1 Å². The zero-order chi connectivity index (χ0) is 24.8. The lowest BCUT2D eigenvalue weighted by Crippen LogP contribution is -2.55. The minimum absolute atomic E-state index is 0.105. The third-order valence-electron chi connectivity index (χ3n) is 7.77. The van der Waals surface area contributed by atoms with Gasteiger partial charge in [0.1, 0.15) is 11.9 Å². The second kappa shape index (κ2) is 9.67. The van der Waals surface area contributed by atoms with Crippen LogP contribution in [0.15, 0.2) is 47.4 Å². The molecule has 0 heterocycles. The molecular weight excluding hydrogens is 498 g/mol. The van der Waals surface area contributed by atoms with Crippen LogP contribution in [0.25, 0.3) is 0 Å². The smallest absolute Gasteiger partial charge is 0.265 e. The van der Waals surface area contributed by atoms with Crippen molar-refractivity contribution < 1.29 is 17.6 Å². The van der Waals surface area contributed by atoms with Crippen LogP contribution in [0.3, 0.4) is 0 Å². The maximum absolute atomic E-state index is 14.9. The third kappa shape index (κ3) is 4.54. The largest absolute Gasteiger partial charge is 0.354 e. The summed E-state index contributed by atoms with van der Waals surface area (Å²) in [5.74, 6) is 1.69. The van der Waals surface area contributed by atoms with Crippen LogP contribution >= 0.6 is 23.2 Å². The van der Waals surface area contributed by atoms with E-state index in [1.165, 1.54) is 43.3 Å². The van der Waals surface area contributed by atoms with Gasteiger partial charge in [0.2, 0.25) is 5.91 Å². The Hall–Kier alpha value is -1.83. The molecule has 3 aliphatic rings. The quantitative estimate of drug-likeness (QED) is 0.498. The average Bonchev–Trinajstić information content (AvgIpc) is 2.80. The van der Waals surface area contributed by atoms with Gasteiger partial charge in [0, 0.05) is 16.6 Å². The number of benzene rings is 2. The molecule has 2 bridgehead atoms. The normalized spacial score (nSPS) is 26.9. The molecule has 2 unspecified atom stereocenters. The Morgan fingerprint density at radius 1 is 1.09 bits per heavy atom. The van der Waals surface area contributed by atoms with Gasteiger partial charge >= 0.3 is 0 Å². The summed E-state index contributed by atoms with van der Waals surface area (Å²) in [6.45, 7) is 6.47. The zero-order valence-electron chi connectivity index (χ0n) is 19.3. The molecule has 5 rings (SSSR count). The van der Waals surface area contributed by atoms with E-state index in [-0.39, 0.29) is 15.6 Å². The van der Waals surface area contributed by atoms with Crippen molar-refractivity contribution in [2.24, 2.45) is 29.6 Å². The molecule has 9 heteroatoms. The van der Waals surface area contributed by atoms with Gasteiger partial charge < -0.3 is 5.32 Å². The fraction of sp³-hybridized carbons (Fsp3) is 0.480. The molecule has 2 aromatic rings. The van der Waals surface area contributed by atoms with Crippen molar-refractivity contribution in [2.45, 2.75) is 44.6 Å². The van der Waals surface area contributed by atoms with Crippen molar-refractivity contribution in [3.8, 4) is 0 Å². The summed E-state index contributed by atoms with van der Waals surface area (Å²) in [4.78, 5) is 13.1. The van der Waals surface area contributed by atoms with E-state index in [9.17, 15) is 17.6 Å². The Morgan fingerprint density at radius 3 is 2.32 bits per heavy atom. The van der Waals surface area contributed by atoms with Crippen LogP contribution in [0.2, 0.25) is 10.0 Å². The first kappa shape index (κ1) is 25.3. The van der Waals surface area contributed by atoms with Gasteiger partial charge in [-0.3, -0.25) is 9.10 Å². The van der Waals surface area contributed by atoms with Gasteiger partial charge in [0.05, 0.1) is 10.6 Å². The van der Waals surface area contributed by atoms with Crippen LogP contribution in [0.1, 0.15) is 33.6 Å². The Labute approximate surface area is 210 Å². The van der Waals surface area contributed by atoms with Crippen molar-refractivity contribution in [1.82, 2.24) is 5.32 Å². The second-order valence-corrected chi connectivity index (χ2v) is 12.3. The molecule has 1 amide bonds. The van der Waals surface area contributed by atoms with E-state index in [1.54, 1.807) is 0 Å². The van der Waals surface area contributed by atoms with E-state index in [1.807, 2.05) is 0 Å². The maximum atomic E-state index is 14.9. The van der Waals surface area contributed by atoms with Gasteiger partial charge in [0.15, 0.2) is 0 Å². The molecule has 34 heavy (non-hydrogen) atoms. The molecule has 3 aliphatic carbocycles. The highest BCUT2D eigenvalue weighted by Crippen LogP contribution is 2.57. The Kier molecular flexibility index (Phi) is 7.19. The first-order chi connectivity index (χ1) is 16.0. The van der Waals surface area contributed by atoms with Crippen LogP contribution in [0.5, 0.6) is 0 Å². The summed E-state index contributed by atoms with van der Waals surface area (Å²) >= 11 is 12.0. The summed E-state index contributed by atoms with van der Waals surface area (Å²) in [7, 11) is -4.30. The van der Waals surface area contributed by atoms with Crippen molar-refractivity contribution in [3.63, 3.8) is 0 Å². The van der Waals surface area contributed by atoms with Crippen LogP contribution < -0.4 is 9.62 Å². The highest BCUT2D eigenvalue weighted by atomic mass is 35.5. The predicted octanol–water partition coefficient (Wildman–Crippen LogP) is 5.76. The fourth-order valence-electron chi connectivity index (χ4n) is 6.01. The number of fused-ring (bicyclic) bond motifs is 2. The summed E-state index contributed by atoms with van der Waals surface area (Å²) in [6.07, 6.45) is 2.20. The highest BCUT2D eigenvalue weighted by Gasteiger charge is 2.51. The molecule has 1 N–H and O–H groups in total. The van der Waals surface area contributed by atoms with Crippen molar-refractivity contribution in [3.05, 3.63) is 58.3 Å². The van der Waals surface area contributed by atoms with Crippen molar-refractivity contribution >= 4 is 44.8 Å². The summed E-state index contributed by atoms with van der Waals surface area (Å²) < 4.78 is 42.9. The van der Waals surface area contributed by atoms with Crippen LogP contribution in [0.4, 0.5) is 10.1 Å². The number of sulfonamides is 1. The molecule has 4 atom stereocenters. The number of nitrogens with zero attached hydrogens (tertiary/aromatic N) is 1. The van der Waals surface area contributed by atoms with Gasteiger partial charge in [-0.15, -0.1) is 0 Å². The number of amides is 1. The van der Waals surface area contributed by atoms with Crippen LogP contribution in [-0.4, -0.2) is 26.9 Å². The Morgan fingerprint density at radius 2 is 1.71 bits per heavy atom. The third-order valence-corrected chi connectivity index (χ3v) is 10.2. The molecule has 3 saturated carbocycles. The first-order valence-electron chi connectivity index (χ1n) is 11.5. The highest BCUT2D eigenvalue weighted by molar-refractivity contribution is 7.93. The topological polar surface area (TPSA) is 66.5 Å². The molecule has 5 nitrogen and oxygen atoms in total. The number of rotatable bonds is 7. The SMILES string of the molecule is CC1C2CC[C@@H](CNC(=O)[C@@H](C)N(c3cc(Cl)ccc3F)S(=O)(=O)c3ccc(Cl)cc3)C1C2C. The molecule has 0 aliphatic heterocycles. The number of anilines is 1. The Bertz CT molecular complexity index is 1170. The van der Waals surface area contributed by atoms with Gasteiger partial charge in [-0.05, 0) is 91.8 Å². The number of nitrogens with one attached hydrogen (secondary N) is 1. The Balaban J connectivity index is 1.61. The molecule has 2 aromatic carbocycles. The molecule has 0 radical (unpaired) electrons. The molecule has 0 spiro atoms. The maximum Gasteiger partial charge on any atom is 0.265 e. The van der Waals surface area contributed by atoms with Crippen molar-refractivity contribution in [1.29, 1.82) is 0 Å².